The van der Waals surface area contributed by atoms with E-state index in [1.54, 1.807) is 47.0 Å². The van der Waals surface area contributed by atoms with Crippen molar-refractivity contribution in [3.05, 3.63) is 101 Å². The van der Waals surface area contributed by atoms with Gasteiger partial charge in [0.1, 0.15) is 17.9 Å². The molecule has 84 heavy (non-hydrogen) atoms. The molecule has 9 rings (SSSR count). The minimum Gasteiger partial charge on any atom is -0.391 e. The summed E-state index contributed by atoms with van der Waals surface area (Å²) in [5.74, 6) is -1.37. The van der Waals surface area contributed by atoms with E-state index in [-0.39, 0.29) is 93.7 Å². The van der Waals surface area contributed by atoms with E-state index >= 15 is 4.39 Å². The molecular formula is C59H76FN13O10S. The molecule has 0 radical (unpaired) electrons. The zero-order chi connectivity index (χ0) is 59.2. The van der Waals surface area contributed by atoms with Gasteiger partial charge in [0.2, 0.25) is 23.6 Å². The average molecular weight is 1180 g/mol. The summed E-state index contributed by atoms with van der Waals surface area (Å²) in [6, 6.07) is 10.5. The largest absolute Gasteiger partial charge is 0.391 e. The highest BCUT2D eigenvalue weighted by Gasteiger charge is 2.44. The highest BCUT2D eigenvalue weighted by atomic mass is 32.1. The number of aliphatic hydroxyl groups is 1. The van der Waals surface area contributed by atoms with E-state index in [0.29, 0.717) is 83.1 Å². The number of anilines is 2. The number of carbonyl (C=O) groups excluding carboxylic acids is 5. The number of nitrogens with one attached hydrogen (secondary N) is 5. The van der Waals surface area contributed by atoms with Gasteiger partial charge in [0, 0.05) is 101 Å². The molecule has 0 spiro atoms. The monoisotopic (exact) mass is 1180 g/mol. The molecule has 4 aromatic heterocycles. The van der Waals surface area contributed by atoms with Gasteiger partial charge in [-0.25, -0.2) is 19.3 Å². The van der Waals surface area contributed by atoms with E-state index in [1.807, 2.05) is 68.1 Å². The first-order chi connectivity index (χ1) is 40.6. The highest BCUT2D eigenvalue weighted by Crippen LogP contribution is 2.41. The van der Waals surface area contributed by atoms with Gasteiger partial charge in [0.05, 0.1) is 105 Å². The van der Waals surface area contributed by atoms with E-state index in [9.17, 15) is 29.1 Å². The second-order valence-corrected chi connectivity index (χ2v) is 23.2. The summed E-state index contributed by atoms with van der Waals surface area (Å²) in [5.41, 5.74) is 7.61. The Kier molecular flexibility index (Phi) is 21.2. The maximum Gasteiger partial charge on any atom is 0.254 e. The summed E-state index contributed by atoms with van der Waals surface area (Å²) in [5, 5.41) is 29.3. The van der Waals surface area contributed by atoms with Gasteiger partial charge in [-0.05, 0) is 54.5 Å². The first-order valence-electron chi connectivity index (χ1n) is 28.7. The van der Waals surface area contributed by atoms with Gasteiger partial charge in [-0.3, -0.25) is 38.4 Å². The number of aromatic amines is 1. The van der Waals surface area contributed by atoms with Crippen molar-refractivity contribution < 1.29 is 52.4 Å². The Morgan fingerprint density at radius 3 is 2.17 bits per heavy atom. The fourth-order valence-corrected chi connectivity index (χ4v) is 10.9. The second kappa shape index (κ2) is 29.0. The third-order valence-electron chi connectivity index (χ3n) is 15.0. The number of aromatic nitrogens is 6. The van der Waals surface area contributed by atoms with Crippen LogP contribution in [0.4, 0.5) is 15.9 Å². The number of thiazole rings is 1. The first-order valence-corrected chi connectivity index (χ1v) is 29.6. The minimum atomic E-state index is -0.947. The maximum atomic E-state index is 15.6. The molecule has 6 aromatic rings. The molecule has 0 unspecified atom stereocenters. The third kappa shape index (κ3) is 16.5. The highest BCUT2D eigenvalue weighted by molar-refractivity contribution is 7.13. The van der Waals surface area contributed by atoms with Crippen molar-refractivity contribution in [2.75, 3.05) is 104 Å². The molecule has 0 bridgehead atoms. The van der Waals surface area contributed by atoms with Crippen LogP contribution < -0.4 is 21.3 Å². The van der Waals surface area contributed by atoms with Crippen LogP contribution in [0.25, 0.3) is 27.3 Å². The number of β-amino-alcohol motifs (C(OH)–C–C–N with tert-alkyl or cyclic N) is 1. The molecule has 3 atom stereocenters. The van der Waals surface area contributed by atoms with E-state index in [0.717, 1.165) is 51.5 Å². The van der Waals surface area contributed by atoms with Gasteiger partial charge in [-0.15, -0.1) is 11.3 Å². The maximum absolute atomic E-state index is 15.6. The third-order valence-corrected chi connectivity index (χ3v) is 15.9. The lowest BCUT2D eigenvalue weighted by Gasteiger charge is -2.35. The lowest BCUT2D eigenvalue weighted by Crippen LogP contribution is -2.57. The molecule has 3 fully saturated rings. The Hall–Kier alpha value is -7.26. The summed E-state index contributed by atoms with van der Waals surface area (Å²) in [4.78, 5) is 86.4. The normalized spacial score (nSPS) is 16.9. The predicted octanol–water partition coefficient (Wildman–Crippen LogP) is 4.84. The lowest BCUT2D eigenvalue weighted by atomic mass is 9.85. The summed E-state index contributed by atoms with van der Waals surface area (Å²) < 4.78 is 39.9. The number of H-pyrrole nitrogens is 1. The zero-order valence-corrected chi connectivity index (χ0v) is 48.9. The minimum absolute atomic E-state index is 0.00629. The van der Waals surface area contributed by atoms with Crippen molar-refractivity contribution in [2.45, 2.75) is 90.4 Å². The Morgan fingerprint density at radius 1 is 0.845 bits per heavy atom. The molecule has 2 aromatic carbocycles. The zero-order valence-electron chi connectivity index (χ0n) is 48.1. The van der Waals surface area contributed by atoms with Crippen LogP contribution in [0.1, 0.15) is 86.1 Å². The number of aryl methyl sites for hydroxylation is 1. The number of imidazole rings is 1. The van der Waals surface area contributed by atoms with Crippen LogP contribution in [0.3, 0.4) is 0 Å². The quantitative estimate of drug-likeness (QED) is 0.0343. The summed E-state index contributed by atoms with van der Waals surface area (Å²) >= 11 is 1.57. The lowest BCUT2D eigenvalue weighted by molar-refractivity contribution is -0.144. The number of hydrogen-bond donors (Lipinski definition) is 6. The van der Waals surface area contributed by atoms with Crippen LogP contribution >= 0.6 is 11.3 Å². The second-order valence-electron chi connectivity index (χ2n) is 22.3. The number of rotatable bonds is 29. The van der Waals surface area contributed by atoms with Crippen molar-refractivity contribution in [3.63, 3.8) is 0 Å². The van der Waals surface area contributed by atoms with Crippen molar-refractivity contribution in [1.29, 1.82) is 0 Å². The van der Waals surface area contributed by atoms with Crippen molar-refractivity contribution in [2.24, 2.45) is 5.41 Å². The van der Waals surface area contributed by atoms with Crippen LogP contribution in [-0.2, 0) is 44.7 Å². The Balaban J connectivity index is 0.572. The number of piperazine rings is 1. The Labute approximate surface area is 491 Å². The molecule has 23 nitrogen and oxygen atoms in total. The van der Waals surface area contributed by atoms with E-state index in [4.69, 9.17) is 23.9 Å². The Bertz CT molecular complexity index is 3180. The molecule has 450 valence electrons. The smallest absolute Gasteiger partial charge is 0.254 e. The molecule has 6 heterocycles. The van der Waals surface area contributed by atoms with E-state index < -0.39 is 35.3 Å². The number of nitrogens with zero attached hydrogens (tertiary/aromatic N) is 8. The number of carbonyl (C=O) groups is 5. The van der Waals surface area contributed by atoms with Crippen molar-refractivity contribution >= 4 is 58.0 Å². The number of aliphatic hydroxyl groups excluding tert-OH is 1. The summed E-state index contributed by atoms with van der Waals surface area (Å²) in [6.45, 7) is 13.1. The molecule has 1 aliphatic carbocycles. The van der Waals surface area contributed by atoms with E-state index in [1.165, 1.54) is 11.0 Å². The molecule has 2 saturated heterocycles. The molecule has 2 aliphatic heterocycles. The van der Waals surface area contributed by atoms with Gasteiger partial charge in [-0.2, -0.15) is 5.10 Å². The fourth-order valence-electron chi connectivity index (χ4n) is 10.1. The number of ether oxygens (including phenoxy) is 4. The van der Waals surface area contributed by atoms with Crippen LogP contribution in [0, 0.1) is 18.2 Å². The molecule has 6 N–H and O–H groups in total. The molecule has 3 aliphatic rings. The predicted molar refractivity (Wildman–Crippen MR) is 312 cm³/mol. The molecule has 1 saturated carbocycles. The van der Waals surface area contributed by atoms with Gasteiger partial charge in [0.25, 0.3) is 5.91 Å². The van der Waals surface area contributed by atoms with Crippen LogP contribution in [0.5, 0.6) is 0 Å². The van der Waals surface area contributed by atoms with Gasteiger partial charge in [0.15, 0.2) is 11.5 Å². The van der Waals surface area contributed by atoms with Crippen LogP contribution in [0.15, 0.2) is 72.8 Å². The number of likely N-dealkylation sites (tertiary alicyclic amines) is 1. The van der Waals surface area contributed by atoms with Gasteiger partial charge in [-0.1, -0.05) is 45.0 Å². The average Bonchev–Trinajstić information content (AvgIpc) is 2.93. The number of halogens is 1. The molecule has 25 heteroatoms. The topological polar surface area (TPSA) is 272 Å². The van der Waals surface area contributed by atoms with Crippen LogP contribution in [0.2, 0.25) is 0 Å². The summed E-state index contributed by atoms with van der Waals surface area (Å²) in [7, 11) is 0. The SMILES string of the molecule is Cc1ncsc1-c1ccc(CNC(=O)[C@@H]2C[C@@H](O)CN2C(=O)[C@@H](NC(=O)CCOCCOCCOCCOCCC(=O)NCCN2CCN(C(=O)c3ccc(Nc4nc(C5CC5)cn5c(-c6cn[nH]c6)cnc45)c(F)c3)CC2)C(C)(C)C)cc1. The number of fused-ring (bicyclic) bond motifs is 1. The standard InChI is InChI=1S/C59H76FN13O10S/c1-38-52(84-37-64-38)41-7-5-39(6-8-41)31-63-56(77)48-30-44(74)35-73(48)58(79)53(59(2,3)4)69-51(76)14-22-81-24-26-83-28-27-82-25-23-80-21-13-50(75)61-15-16-70-17-19-71(20-18-70)57(78)42-11-12-46(45(60)29-42)67-54-55-62-34-49(43-32-65-66-33-43)72(55)36-47(68-54)40-9-10-40/h5-8,11-12,29,32-34,36-37,40,44,48,53,74H,9-10,13-28,30-31,35H2,1-4H3,(H,61,75)(H,63,77)(H,65,66)(H,67,68)(H,69,76)/t44-,48+,53-/m1/s1. The summed E-state index contributed by atoms with van der Waals surface area (Å²) in [6.07, 6.45) is 8.74. The van der Waals surface area contributed by atoms with Gasteiger partial charge < -0.3 is 55.1 Å². The van der Waals surface area contributed by atoms with E-state index in [2.05, 4.69) is 46.3 Å². The Morgan fingerprint density at radius 2 is 1.54 bits per heavy atom. The molecular weight excluding hydrogens is 1100 g/mol. The first kappa shape index (κ1) is 61.3. The number of amides is 5. The molecule has 5 amide bonds. The van der Waals surface area contributed by atoms with Crippen molar-refractivity contribution in [3.8, 4) is 21.7 Å². The number of hydrogen-bond acceptors (Lipinski definition) is 17. The fraction of sp³-hybridized carbons (Fsp3) is 0.508. The number of benzene rings is 2. The van der Waals surface area contributed by atoms with Crippen molar-refractivity contribution in [1.82, 2.24) is 60.2 Å². The van der Waals surface area contributed by atoms with Gasteiger partial charge >= 0.3 is 0 Å². The van der Waals surface area contributed by atoms with Crippen LogP contribution in [-0.4, -0.2) is 196 Å².